The SMILES string of the molecule is CC(C)(C)NCCC1CSc2ccccc21. The topological polar surface area (TPSA) is 12.0 Å². The molecular weight excluding hydrogens is 214 g/mol. The van der Waals surface area contributed by atoms with Gasteiger partial charge in [-0.3, -0.25) is 0 Å². The van der Waals surface area contributed by atoms with Crippen LogP contribution >= 0.6 is 11.8 Å². The molecule has 0 aliphatic carbocycles. The molecule has 2 rings (SSSR count). The molecule has 1 aromatic carbocycles. The molecule has 1 unspecified atom stereocenters. The zero-order chi connectivity index (χ0) is 11.6. The number of hydrogen-bond acceptors (Lipinski definition) is 2. The Morgan fingerprint density at radius 2 is 2.06 bits per heavy atom. The van der Waals surface area contributed by atoms with Crippen LogP contribution in [0.1, 0.15) is 38.7 Å². The molecule has 0 fully saturated rings. The van der Waals surface area contributed by atoms with E-state index in [1.54, 1.807) is 5.56 Å². The van der Waals surface area contributed by atoms with Crippen LogP contribution in [-0.2, 0) is 0 Å². The summed E-state index contributed by atoms with van der Waals surface area (Å²) < 4.78 is 0. The molecule has 0 aromatic heterocycles. The first-order valence-electron chi connectivity index (χ1n) is 6.03. The summed E-state index contributed by atoms with van der Waals surface area (Å²) in [5, 5.41) is 3.57. The van der Waals surface area contributed by atoms with Crippen molar-refractivity contribution in [2.24, 2.45) is 0 Å². The first-order valence-corrected chi connectivity index (χ1v) is 7.01. The third-order valence-corrected chi connectivity index (χ3v) is 4.20. The Labute approximate surface area is 103 Å². The van der Waals surface area contributed by atoms with Gasteiger partial charge in [0, 0.05) is 16.2 Å². The first-order chi connectivity index (χ1) is 7.56. The van der Waals surface area contributed by atoms with Gasteiger partial charge in [-0.2, -0.15) is 0 Å². The van der Waals surface area contributed by atoms with Crippen molar-refractivity contribution < 1.29 is 0 Å². The maximum atomic E-state index is 3.57. The minimum atomic E-state index is 0.241. The number of fused-ring (bicyclic) bond motifs is 1. The Morgan fingerprint density at radius 1 is 1.31 bits per heavy atom. The van der Waals surface area contributed by atoms with E-state index in [0.29, 0.717) is 0 Å². The van der Waals surface area contributed by atoms with E-state index in [4.69, 9.17) is 0 Å². The van der Waals surface area contributed by atoms with Crippen LogP contribution in [0.15, 0.2) is 29.2 Å². The van der Waals surface area contributed by atoms with E-state index < -0.39 is 0 Å². The van der Waals surface area contributed by atoms with Crippen molar-refractivity contribution in [1.29, 1.82) is 0 Å². The molecule has 2 heteroatoms. The maximum Gasteiger partial charge on any atom is 0.0107 e. The number of benzene rings is 1. The van der Waals surface area contributed by atoms with E-state index in [1.807, 2.05) is 11.8 Å². The van der Waals surface area contributed by atoms with Crippen molar-refractivity contribution in [2.75, 3.05) is 12.3 Å². The van der Waals surface area contributed by atoms with Crippen molar-refractivity contribution in [1.82, 2.24) is 5.32 Å². The number of thioether (sulfide) groups is 1. The van der Waals surface area contributed by atoms with Crippen LogP contribution in [0.2, 0.25) is 0 Å². The van der Waals surface area contributed by atoms with Crippen molar-refractivity contribution in [3.63, 3.8) is 0 Å². The van der Waals surface area contributed by atoms with E-state index >= 15 is 0 Å². The van der Waals surface area contributed by atoms with Gasteiger partial charge in [0.05, 0.1) is 0 Å². The van der Waals surface area contributed by atoms with E-state index in [2.05, 4.69) is 50.4 Å². The molecule has 0 spiro atoms. The third-order valence-electron chi connectivity index (χ3n) is 2.95. The maximum absolute atomic E-state index is 3.57. The number of nitrogens with one attached hydrogen (secondary N) is 1. The van der Waals surface area contributed by atoms with Gasteiger partial charge in [0.2, 0.25) is 0 Å². The second kappa shape index (κ2) is 4.80. The molecule has 1 aromatic rings. The van der Waals surface area contributed by atoms with E-state index in [9.17, 15) is 0 Å². The molecule has 1 nitrogen and oxygen atoms in total. The summed E-state index contributed by atoms with van der Waals surface area (Å²) in [6.07, 6.45) is 1.25. The average Bonchev–Trinajstić information content (AvgIpc) is 2.60. The predicted octanol–water partition coefficient (Wildman–Crippen LogP) is 3.65. The van der Waals surface area contributed by atoms with Gasteiger partial charge in [-0.15, -0.1) is 11.8 Å². The van der Waals surface area contributed by atoms with Crippen LogP contribution in [0.5, 0.6) is 0 Å². The molecule has 88 valence electrons. The molecule has 0 saturated heterocycles. The van der Waals surface area contributed by atoms with Gasteiger partial charge in [0.25, 0.3) is 0 Å². The Hall–Kier alpha value is -0.470. The zero-order valence-corrected chi connectivity index (χ0v) is 11.2. The second-order valence-corrected chi connectivity index (χ2v) is 6.57. The lowest BCUT2D eigenvalue weighted by molar-refractivity contribution is 0.414. The summed E-state index contributed by atoms with van der Waals surface area (Å²) in [4.78, 5) is 1.49. The Bertz CT molecular complexity index is 354. The zero-order valence-electron chi connectivity index (χ0n) is 10.4. The summed E-state index contributed by atoms with van der Waals surface area (Å²) in [6.45, 7) is 7.79. The predicted molar refractivity (Wildman–Crippen MR) is 72.3 cm³/mol. The molecule has 1 aliphatic rings. The van der Waals surface area contributed by atoms with Gasteiger partial charge in [0.1, 0.15) is 0 Å². The second-order valence-electron chi connectivity index (χ2n) is 5.51. The lowest BCUT2D eigenvalue weighted by Crippen LogP contribution is -2.36. The summed E-state index contributed by atoms with van der Waals surface area (Å²) in [5.41, 5.74) is 1.80. The molecule has 1 atom stereocenters. The number of hydrogen-bond donors (Lipinski definition) is 1. The number of rotatable bonds is 3. The summed E-state index contributed by atoms with van der Waals surface area (Å²) >= 11 is 2.01. The molecule has 1 heterocycles. The lowest BCUT2D eigenvalue weighted by atomic mass is 9.97. The molecule has 1 N–H and O–H groups in total. The molecule has 1 aliphatic heterocycles. The van der Waals surface area contributed by atoms with Gasteiger partial charge in [0.15, 0.2) is 0 Å². The molecule has 0 radical (unpaired) electrons. The smallest absolute Gasteiger partial charge is 0.0107 e. The average molecular weight is 235 g/mol. The van der Waals surface area contributed by atoms with Crippen LogP contribution in [-0.4, -0.2) is 17.8 Å². The highest BCUT2D eigenvalue weighted by atomic mass is 32.2. The van der Waals surface area contributed by atoms with Gasteiger partial charge in [-0.05, 0) is 51.3 Å². The fourth-order valence-corrected chi connectivity index (χ4v) is 3.39. The van der Waals surface area contributed by atoms with Crippen molar-refractivity contribution in [3.05, 3.63) is 29.8 Å². The van der Waals surface area contributed by atoms with Gasteiger partial charge in [-0.1, -0.05) is 18.2 Å². The summed E-state index contributed by atoms with van der Waals surface area (Å²) in [7, 11) is 0. The van der Waals surface area contributed by atoms with Crippen molar-refractivity contribution in [3.8, 4) is 0 Å². The van der Waals surface area contributed by atoms with E-state index in [0.717, 1.165) is 12.5 Å². The molecule has 0 amide bonds. The summed E-state index contributed by atoms with van der Waals surface area (Å²) in [6, 6.07) is 8.84. The van der Waals surface area contributed by atoms with Crippen LogP contribution in [0, 0.1) is 0 Å². The standard InChI is InChI=1S/C14H21NS/c1-14(2,3)15-9-8-11-10-16-13-7-5-4-6-12(11)13/h4-7,11,15H,8-10H2,1-3H3. The Balaban J connectivity index is 1.89. The summed E-state index contributed by atoms with van der Waals surface area (Å²) in [5.74, 6) is 2.00. The van der Waals surface area contributed by atoms with Crippen LogP contribution in [0.4, 0.5) is 0 Å². The lowest BCUT2D eigenvalue weighted by Gasteiger charge is -2.21. The van der Waals surface area contributed by atoms with Crippen LogP contribution in [0.3, 0.4) is 0 Å². The fraction of sp³-hybridized carbons (Fsp3) is 0.571. The first kappa shape index (κ1) is 12.0. The Kier molecular flexibility index (Phi) is 3.60. The fourth-order valence-electron chi connectivity index (χ4n) is 2.09. The molecule has 0 bridgehead atoms. The van der Waals surface area contributed by atoms with E-state index in [-0.39, 0.29) is 5.54 Å². The third kappa shape index (κ3) is 3.02. The molecule has 16 heavy (non-hydrogen) atoms. The van der Waals surface area contributed by atoms with Crippen molar-refractivity contribution >= 4 is 11.8 Å². The van der Waals surface area contributed by atoms with Gasteiger partial charge in [-0.25, -0.2) is 0 Å². The quantitative estimate of drug-likeness (QED) is 0.858. The van der Waals surface area contributed by atoms with Crippen molar-refractivity contribution in [2.45, 2.75) is 43.5 Å². The van der Waals surface area contributed by atoms with Crippen LogP contribution in [0.25, 0.3) is 0 Å². The Morgan fingerprint density at radius 3 is 2.81 bits per heavy atom. The highest BCUT2D eigenvalue weighted by molar-refractivity contribution is 7.99. The molecule has 0 saturated carbocycles. The minimum absolute atomic E-state index is 0.241. The van der Waals surface area contributed by atoms with E-state index in [1.165, 1.54) is 17.1 Å². The minimum Gasteiger partial charge on any atom is -0.312 e. The highest BCUT2D eigenvalue weighted by Crippen LogP contribution is 2.40. The monoisotopic (exact) mass is 235 g/mol. The highest BCUT2D eigenvalue weighted by Gasteiger charge is 2.22. The van der Waals surface area contributed by atoms with Crippen LogP contribution < -0.4 is 5.32 Å². The molecular formula is C14H21NS. The van der Waals surface area contributed by atoms with Gasteiger partial charge < -0.3 is 5.32 Å². The normalized spacial score (nSPS) is 19.8. The largest absolute Gasteiger partial charge is 0.312 e. The van der Waals surface area contributed by atoms with Gasteiger partial charge >= 0.3 is 0 Å².